The molecule has 0 saturated carbocycles. The van der Waals surface area contributed by atoms with Gasteiger partial charge in [0, 0.05) is 18.3 Å². The normalized spacial score (nSPS) is 13.2. The number of H-pyrrole nitrogens is 1. The predicted octanol–water partition coefficient (Wildman–Crippen LogP) is -3.04. The van der Waals surface area contributed by atoms with E-state index in [9.17, 15) is 14.4 Å². The van der Waals surface area contributed by atoms with Gasteiger partial charge in [0.2, 0.25) is 11.8 Å². The second kappa shape index (κ2) is 7.97. The third-order valence-corrected chi connectivity index (χ3v) is 2.57. The molecule has 0 spiro atoms. The van der Waals surface area contributed by atoms with Crippen molar-refractivity contribution in [3.05, 3.63) is 18.2 Å². The van der Waals surface area contributed by atoms with Crippen LogP contribution in [0.4, 0.5) is 0 Å². The summed E-state index contributed by atoms with van der Waals surface area (Å²) in [7, 11) is 0. The molecule has 0 bridgehead atoms. The van der Waals surface area contributed by atoms with Crippen LogP contribution in [0.25, 0.3) is 0 Å². The van der Waals surface area contributed by atoms with Crippen LogP contribution in [-0.4, -0.2) is 63.2 Å². The lowest BCUT2D eigenvalue weighted by Gasteiger charge is -2.14. The van der Waals surface area contributed by atoms with Gasteiger partial charge in [-0.3, -0.25) is 9.59 Å². The second-order valence-electron chi connectivity index (χ2n) is 4.25. The fourth-order valence-corrected chi connectivity index (χ4v) is 1.44. The van der Waals surface area contributed by atoms with Crippen LogP contribution in [0.3, 0.4) is 0 Å². The predicted molar refractivity (Wildman–Crippen MR) is 69.9 cm³/mol. The molecule has 0 aliphatic carbocycles. The lowest BCUT2D eigenvalue weighted by Crippen LogP contribution is -2.49. The van der Waals surface area contributed by atoms with Gasteiger partial charge in [-0.25, -0.2) is 9.78 Å². The van der Waals surface area contributed by atoms with Crippen LogP contribution in [0, 0.1) is 0 Å². The molecule has 116 valence electrons. The number of hydrogen-bond donors (Lipinski definition) is 6. The van der Waals surface area contributed by atoms with E-state index in [2.05, 4.69) is 20.6 Å². The Balaban J connectivity index is 2.46. The van der Waals surface area contributed by atoms with Gasteiger partial charge in [0.05, 0.1) is 19.5 Å². The van der Waals surface area contributed by atoms with Crippen molar-refractivity contribution in [3.8, 4) is 0 Å². The van der Waals surface area contributed by atoms with Crippen molar-refractivity contribution in [1.82, 2.24) is 20.6 Å². The third kappa shape index (κ3) is 5.58. The maximum atomic E-state index is 11.6. The highest BCUT2D eigenvalue weighted by Gasteiger charge is 2.21. The highest BCUT2D eigenvalue weighted by Crippen LogP contribution is 1.98. The summed E-state index contributed by atoms with van der Waals surface area (Å²) >= 11 is 0. The summed E-state index contributed by atoms with van der Waals surface area (Å²) in [4.78, 5) is 40.4. The Kier molecular flexibility index (Phi) is 6.30. The number of aliphatic hydroxyl groups is 1. The van der Waals surface area contributed by atoms with Crippen molar-refractivity contribution >= 4 is 17.8 Å². The minimum Gasteiger partial charge on any atom is -0.480 e. The zero-order chi connectivity index (χ0) is 15.8. The largest absolute Gasteiger partial charge is 0.480 e. The molecule has 10 nitrogen and oxygen atoms in total. The van der Waals surface area contributed by atoms with Gasteiger partial charge in [-0.1, -0.05) is 0 Å². The Morgan fingerprint density at radius 1 is 1.43 bits per heavy atom. The quantitative estimate of drug-likeness (QED) is 0.296. The number of nitrogens with two attached hydrogens (primary N) is 1. The maximum absolute atomic E-state index is 11.6. The molecule has 2 amide bonds. The number of amides is 2. The van der Waals surface area contributed by atoms with E-state index >= 15 is 0 Å². The smallest absolute Gasteiger partial charge is 0.326 e. The fourth-order valence-electron chi connectivity index (χ4n) is 1.44. The summed E-state index contributed by atoms with van der Waals surface area (Å²) in [5.74, 6) is -2.59. The van der Waals surface area contributed by atoms with Gasteiger partial charge in [-0.2, -0.15) is 0 Å². The van der Waals surface area contributed by atoms with Gasteiger partial charge in [0.1, 0.15) is 12.1 Å². The number of carbonyl (C=O) groups excluding carboxylic acids is 2. The van der Waals surface area contributed by atoms with Gasteiger partial charge < -0.3 is 31.6 Å². The molecule has 1 heterocycles. The van der Waals surface area contributed by atoms with Gasteiger partial charge in [-0.15, -0.1) is 0 Å². The van der Waals surface area contributed by atoms with Crippen LogP contribution in [0.2, 0.25) is 0 Å². The number of nitrogens with zero attached hydrogens (tertiary/aromatic N) is 1. The van der Waals surface area contributed by atoms with Crippen LogP contribution >= 0.6 is 0 Å². The van der Waals surface area contributed by atoms with Crippen LogP contribution in [0.15, 0.2) is 12.5 Å². The second-order valence-corrected chi connectivity index (χ2v) is 4.25. The molecule has 0 saturated heterocycles. The highest BCUT2D eigenvalue weighted by atomic mass is 16.4. The lowest BCUT2D eigenvalue weighted by molar-refractivity contribution is -0.141. The molecule has 7 N–H and O–H groups in total. The maximum Gasteiger partial charge on any atom is 0.326 e. The van der Waals surface area contributed by atoms with Gasteiger partial charge in [0.15, 0.2) is 0 Å². The number of aromatic nitrogens is 2. The number of imidazole rings is 1. The molecule has 21 heavy (non-hydrogen) atoms. The number of carboxylic acid groups (broad SMARTS) is 1. The first-order valence-corrected chi connectivity index (χ1v) is 6.07. The average molecular weight is 299 g/mol. The Hall–Kier alpha value is -2.46. The molecule has 1 aromatic heterocycles. The van der Waals surface area contributed by atoms with E-state index < -0.39 is 43.0 Å². The van der Waals surface area contributed by atoms with Gasteiger partial charge >= 0.3 is 5.97 Å². The Morgan fingerprint density at radius 3 is 2.67 bits per heavy atom. The topological polar surface area (TPSA) is 170 Å². The number of aliphatic carboxylic acids is 1. The molecule has 0 radical (unpaired) electrons. The van der Waals surface area contributed by atoms with Crippen molar-refractivity contribution in [1.29, 1.82) is 0 Å². The monoisotopic (exact) mass is 299 g/mol. The molecule has 2 unspecified atom stereocenters. The number of aromatic amines is 1. The minimum absolute atomic E-state index is 0.0329. The van der Waals surface area contributed by atoms with Crippen molar-refractivity contribution in [3.63, 3.8) is 0 Å². The van der Waals surface area contributed by atoms with E-state index in [1.165, 1.54) is 12.5 Å². The number of carbonyl (C=O) groups is 3. The fraction of sp³-hybridized carbons (Fsp3) is 0.455. The van der Waals surface area contributed by atoms with Crippen molar-refractivity contribution < 1.29 is 24.6 Å². The highest BCUT2D eigenvalue weighted by molar-refractivity contribution is 5.89. The summed E-state index contributed by atoms with van der Waals surface area (Å²) in [5, 5.41) is 22.1. The number of nitrogens with one attached hydrogen (secondary N) is 3. The van der Waals surface area contributed by atoms with E-state index in [4.69, 9.17) is 15.9 Å². The molecule has 0 aliphatic heterocycles. The molecule has 10 heteroatoms. The zero-order valence-corrected chi connectivity index (χ0v) is 11.1. The molecule has 1 aromatic rings. The van der Waals surface area contributed by atoms with E-state index in [1.807, 2.05) is 0 Å². The van der Waals surface area contributed by atoms with Crippen LogP contribution < -0.4 is 16.4 Å². The summed E-state index contributed by atoms with van der Waals surface area (Å²) in [6, 6.07) is -2.28. The van der Waals surface area contributed by atoms with Crippen molar-refractivity contribution in [2.24, 2.45) is 5.73 Å². The molecule has 0 aromatic carbocycles. The van der Waals surface area contributed by atoms with Crippen LogP contribution in [-0.2, 0) is 20.8 Å². The number of hydrogen-bond acceptors (Lipinski definition) is 6. The Labute approximate surface area is 119 Å². The molecule has 0 fully saturated rings. The number of rotatable bonds is 8. The Bertz CT molecular complexity index is 489. The molecule has 2 atom stereocenters. The summed E-state index contributed by atoms with van der Waals surface area (Å²) in [6.45, 7) is -0.982. The SMILES string of the molecule is NC(CO)C(=O)NCC(=O)NC(Cc1cnc[nH]1)C(=O)O. The van der Waals surface area contributed by atoms with Gasteiger partial charge in [-0.05, 0) is 0 Å². The summed E-state index contributed by atoms with van der Waals surface area (Å²) in [6.07, 6.45) is 2.88. The van der Waals surface area contributed by atoms with Crippen molar-refractivity contribution in [2.75, 3.05) is 13.2 Å². The molecule has 1 rings (SSSR count). The zero-order valence-electron chi connectivity index (χ0n) is 11.1. The minimum atomic E-state index is -1.21. The van der Waals surface area contributed by atoms with E-state index in [1.54, 1.807) is 0 Å². The van der Waals surface area contributed by atoms with E-state index in [-0.39, 0.29) is 6.42 Å². The average Bonchev–Trinajstić information content (AvgIpc) is 2.95. The summed E-state index contributed by atoms with van der Waals surface area (Å²) < 4.78 is 0. The van der Waals surface area contributed by atoms with Gasteiger partial charge in [0.25, 0.3) is 0 Å². The summed E-state index contributed by atoms with van der Waals surface area (Å²) in [5.41, 5.74) is 5.79. The first-order valence-electron chi connectivity index (χ1n) is 6.07. The van der Waals surface area contributed by atoms with E-state index in [0.29, 0.717) is 5.69 Å². The van der Waals surface area contributed by atoms with Crippen LogP contribution in [0.1, 0.15) is 5.69 Å². The van der Waals surface area contributed by atoms with Crippen molar-refractivity contribution in [2.45, 2.75) is 18.5 Å². The molecular weight excluding hydrogens is 282 g/mol. The number of carboxylic acids is 1. The standard InChI is InChI=1S/C11H17N5O5/c12-7(4-17)10(19)14-3-9(18)16-8(11(20)21)1-6-2-13-5-15-6/h2,5,7-8,17H,1,3-4,12H2,(H,13,15)(H,14,19)(H,16,18)(H,20,21). The van der Waals surface area contributed by atoms with E-state index in [0.717, 1.165) is 0 Å². The third-order valence-electron chi connectivity index (χ3n) is 2.57. The van der Waals surface area contributed by atoms with Crippen LogP contribution in [0.5, 0.6) is 0 Å². The molecule has 0 aliphatic rings. The Morgan fingerprint density at radius 2 is 2.14 bits per heavy atom. The first-order chi connectivity index (χ1) is 9.93. The molecular formula is C11H17N5O5. The number of aliphatic hydroxyl groups excluding tert-OH is 1. The lowest BCUT2D eigenvalue weighted by atomic mass is 10.1. The first kappa shape index (κ1) is 16.6.